The van der Waals surface area contributed by atoms with Gasteiger partial charge in [0, 0.05) is 17.4 Å². The van der Waals surface area contributed by atoms with Crippen molar-refractivity contribution < 1.29 is 18.0 Å². The van der Waals surface area contributed by atoms with Gasteiger partial charge in [0.2, 0.25) is 5.89 Å². The highest BCUT2D eigenvalue weighted by Gasteiger charge is 2.36. The third kappa shape index (κ3) is 3.90. The van der Waals surface area contributed by atoms with Crippen LogP contribution in [0.5, 0.6) is 0 Å². The molecular formula is C25H18N4O4S. The highest BCUT2D eigenvalue weighted by molar-refractivity contribution is 7.99. The van der Waals surface area contributed by atoms with Crippen LogP contribution in [-0.4, -0.2) is 32.6 Å². The Labute approximate surface area is 198 Å². The van der Waals surface area contributed by atoms with Crippen LogP contribution in [0.3, 0.4) is 0 Å². The second kappa shape index (κ2) is 8.68. The number of para-hydroxylation sites is 1. The van der Waals surface area contributed by atoms with E-state index >= 15 is 0 Å². The number of aromatic nitrogens is 2. The molecule has 0 saturated carbocycles. The Hall–Kier alpha value is -4.11. The molecule has 1 unspecified atom stereocenters. The number of hydrazone groups is 1. The minimum absolute atomic E-state index is 0.0878. The lowest BCUT2D eigenvalue weighted by Crippen LogP contribution is -2.28. The molecule has 1 aliphatic heterocycles. The van der Waals surface area contributed by atoms with Crippen LogP contribution in [0, 0.1) is 0 Å². The molecule has 1 amide bonds. The standard InChI is InChI=1S/C25H18N4O4S/c30-23(15-34-25-27-26-24(33-25)16-7-2-1-3-8-16)29-19(21-11-6-12-31-21)14-18(28-29)22-13-17-9-4-5-10-20(17)32-22/h1-13,19H,14-15H2. The molecule has 168 valence electrons. The number of hydrogen-bond donors (Lipinski definition) is 0. The number of benzene rings is 2. The molecule has 0 radical (unpaired) electrons. The molecule has 9 heteroatoms. The number of amides is 1. The monoisotopic (exact) mass is 470 g/mol. The zero-order valence-electron chi connectivity index (χ0n) is 17.8. The zero-order chi connectivity index (χ0) is 22.9. The maximum atomic E-state index is 13.2. The van der Waals surface area contributed by atoms with Crippen molar-refractivity contribution in [1.82, 2.24) is 15.2 Å². The predicted octanol–water partition coefficient (Wildman–Crippen LogP) is 5.55. The molecule has 6 rings (SSSR count). The molecule has 5 aromatic rings. The lowest BCUT2D eigenvalue weighted by atomic mass is 10.1. The number of nitrogens with zero attached hydrogens (tertiary/aromatic N) is 4. The minimum Gasteiger partial charge on any atom is -0.467 e. The van der Waals surface area contributed by atoms with Crippen molar-refractivity contribution in [3.05, 3.63) is 90.6 Å². The summed E-state index contributed by atoms with van der Waals surface area (Å²) in [6.07, 6.45) is 2.08. The first kappa shape index (κ1) is 20.5. The fourth-order valence-electron chi connectivity index (χ4n) is 3.87. The van der Waals surface area contributed by atoms with Crippen molar-refractivity contribution in [3.63, 3.8) is 0 Å². The normalized spacial score (nSPS) is 15.7. The van der Waals surface area contributed by atoms with E-state index in [4.69, 9.17) is 13.3 Å². The molecule has 2 aromatic carbocycles. The van der Waals surface area contributed by atoms with Gasteiger partial charge in [-0.1, -0.05) is 48.2 Å². The minimum atomic E-state index is -0.353. The number of furan rings is 2. The summed E-state index contributed by atoms with van der Waals surface area (Å²) in [6, 6.07) is 22.5. The molecule has 0 spiro atoms. The van der Waals surface area contributed by atoms with Gasteiger partial charge < -0.3 is 13.3 Å². The first-order valence-corrected chi connectivity index (χ1v) is 11.7. The molecule has 1 atom stereocenters. The van der Waals surface area contributed by atoms with Crippen molar-refractivity contribution in [2.75, 3.05) is 5.75 Å². The summed E-state index contributed by atoms with van der Waals surface area (Å²) in [7, 11) is 0. The zero-order valence-corrected chi connectivity index (χ0v) is 18.6. The SMILES string of the molecule is O=C(CSc1nnc(-c2ccccc2)o1)N1N=C(c2cc3ccccc3o2)CC1c1ccco1. The molecule has 0 aliphatic carbocycles. The Bertz CT molecular complexity index is 1440. The Kier molecular flexibility index (Phi) is 5.23. The summed E-state index contributed by atoms with van der Waals surface area (Å²) in [5, 5.41) is 15.5. The van der Waals surface area contributed by atoms with Crippen molar-refractivity contribution in [2.24, 2.45) is 5.10 Å². The van der Waals surface area contributed by atoms with Crippen molar-refractivity contribution in [2.45, 2.75) is 17.7 Å². The largest absolute Gasteiger partial charge is 0.467 e. The van der Waals surface area contributed by atoms with Gasteiger partial charge in [-0.2, -0.15) is 5.10 Å². The van der Waals surface area contributed by atoms with Crippen LogP contribution in [0.15, 0.2) is 103 Å². The third-order valence-corrected chi connectivity index (χ3v) is 6.30. The molecule has 1 aliphatic rings. The number of thioether (sulfide) groups is 1. The third-order valence-electron chi connectivity index (χ3n) is 5.49. The second-order valence-electron chi connectivity index (χ2n) is 7.70. The van der Waals surface area contributed by atoms with Crippen molar-refractivity contribution in [3.8, 4) is 11.5 Å². The van der Waals surface area contributed by atoms with Crippen LogP contribution in [0.1, 0.15) is 24.0 Å². The average molecular weight is 471 g/mol. The van der Waals surface area contributed by atoms with Crippen LogP contribution in [-0.2, 0) is 4.79 Å². The maximum absolute atomic E-state index is 13.2. The highest BCUT2D eigenvalue weighted by atomic mass is 32.2. The molecule has 0 bridgehead atoms. The molecule has 4 heterocycles. The van der Waals surface area contributed by atoms with E-state index in [9.17, 15) is 4.79 Å². The smallest absolute Gasteiger partial charge is 0.277 e. The van der Waals surface area contributed by atoms with E-state index < -0.39 is 0 Å². The summed E-state index contributed by atoms with van der Waals surface area (Å²) >= 11 is 1.18. The van der Waals surface area contributed by atoms with E-state index in [-0.39, 0.29) is 17.7 Å². The Balaban J connectivity index is 1.22. The molecular weight excluding hydrogens is 452 g/mol. The van der Waals surface area contributed by atoms with Crippen LogP contribution in [0.25, 0.3) is 22.4 Å². The molecule has 0 fully saturated rings. The quantitative estimate of drug-likeness (QED) is 0.300. The van der Waals surface area contributed by atoms with Gasteiger partial charge in [0.25, 0.3) is 11.1 Å². The lowest BCUT2D eigenvalue weighted by molar-refractivity contribution is -0.130. The van der Waals surface area contributed by atoms with Crippen LogP contribution in [0.2, 0.25) is 0 Å². The Morgan fingerprint density at radius 3 is 2.68 bits per heavy atom. The van der Waals surface area contributed by atoms with Crippen LogP contribution < -0.4 is 0 Å². The van der Waals surface area contributed by atoms with E-state index in [1.54, 1.807) is 12.3 Å². The lowest BCUT2D eigenvalue weighted by Gasteiger charge is -2.19. The molecule has 0 saturated heterocycles. The van der Waals surface area contributed by atoms with Gasteiger partial charge in [0.1, 0.15) is 23.1 Å². The first-order chi connectivity index (χ1) is 16.7. The second-order valence-corrected chi connectivity index (χ2v) is 8.62. The van der Waals surface area contributed by atoms with Gasteiger partial charge in [0.15, 0.2) is 5.76 Å². The Morgan fingerprint density at radius 2 is 1.85 bits per heavy atom. The van der Waals surface area contributed by atoms with Gasteiger partial charge in [-0.3, -0.25) is 4.79 Å². The van der Waals surface area contributed by atoms with Gasteiger partial charge in [-0.25, -0.2) is 5.01 Å². The molecule has 8 nitrogen and oxygen atoms in total. The summed E-state index contributed by atoms with van der Waals surface area (Å²) < 4.78 is 17.3. The topological polar surface area (TPSA) is 97.9 Å². The summed E-state index contributed by atoms with van der Waals surface area (Å²) in [5.74, 6) is 1.61. The Morgan fingerprint density at radius 1 is 1.00 bits per heavy atom. The van der Waals surface area contributed by atoms with Gasteiger partial charge in [-0.15, -0.1) is 10.2 Å². The first-order valence-electron chi connectivity index (χ1n) is 10.7. The fraction of sp³-hybridized carbons (Fsp3) is 0.120. The van der Waals surface area contributed by atoms with Gasteiger partial charge in [0.05, 0.1) is 12.0 Å². The maximum Gasteiger partial charge on any atom is 0.277 e. The fourth-order valence-corrected chi connectivity index (χ4v) is 4.49. The van der Waals surface area contributed by atoms with Crippen LogP contribution >= 0.6 is 11.8 Å². The molecule has 0 N–H and O–H groups in total. The number of fused-ring (bicyclic) bond motifs is 1. The van der Waals surface area contributed by atoms with Gasteiger partial charge in [-0.05, 0) is 36.4 Å². The average Bonchev–Trinajstić information content (AvgIpc) is 3.68. The summed E-state index contributed by atoms with van der Waals surface area (Å²) in [4.78, 5) is 13.2. The summed E-state index contributed by atoms with van der Waals surface area (Å²) in [6.45, 7) is 0. The number of carbonyl (C=O) groups excluding carboxylic acids is 1. The number of carbonyl (C=O) groups is 1. The van der Waals surface area contributed by atoms with E-state index in [0.717, 1.165) is 16.5 Å². The van der Waals surface area contributed by atoms with E-state index in [1.165, 1.54) is 16.8 Å². The van der Waals surface area contributed by atoms with Crippen molar-refractivity contribution in [1.29, 1.82) is 0 Å². The molecule has 34 heavy (non-hydrogen) atoms. The number of hydrogen-bond acceptors (Lipinski definition) is 8. The van der Waals surface area contributed by atoms with E-state index in [1.807, 2.05) is 66.7 Å². The van der Waals surface area contributed by atoms with E-state index in [2.05, 4.69) is 15.3 Å². The van der Waals surface area contributed by atoms with Gasteiger partial charge >= 0.3 is 0 Å². The molecule has 3 aromatic heterocycles. The number of rotatable bonds is 6. The summed E-state index contributed by atoms with van der Waals surface area (Å²) in [5.41, 5.74) is 2.30. The van der Waals surface area contributed by atoms with E-state index in [0.29, 0.717) is 34.8 Å². The van der Waals surface area contributed by atoms with Crippen LogP contribution in [0.4, 0.5) is 0 Å². The predicted molar refractivity (Wildman–Crippen MR) is 126 cm³/mol. The van der Waals surface area contributed by atoms with Crippen molar-refractivity contribution >= 4 is 34.3 Å². The highest BCUT2D eigenvalue weighted by Crippen LogP contribution is 2.35.